The highest BCUT2D eigenvalue weighted by Gasteiger charge is 2.14. The van der Waals surface area contributed by atoms with Gasteiger partial charge in [0.1, 0.15) is 5.65 Å². The van der Waals surface area contributed by atoms with Crippen molar-refractivity contribution in [2.45, 2.75) is 38.3 Å². The van der Waals surface area contributed by atoms with Crippen molar-refractivity contribution in [2.75, 3.05) is 5.73 Å². The van der Waals surface area contributed by atoms with E-state index in [1.165, 1.54) is 25.7 Å². The Morgan fingerprint density at radius 2 is 2.12 bits per heavy atom. The van der Waals surface area contributed by atoms with Gasteiger partial charge in [-0.15, -0.1) is 0 Å². The van der Waals surface area contributed by atoms with Gasteiger partial charge in [0.15, 0.2) is 0 Å². The average molecular weight is 230 g/mol. The number of nitrogens with zero attached hydrogens (tertiary/aromatic N) is 2. The van der Waals surface area contributed by atoms with Crippen molar-refractivity contribution >= 4 is 11.3 Å². The van der Waals surface area contributed by atoms with Gasteiger partial charge in [0, 0.05) is 30.7 Å². The van der Waals surface area contributed by atoms with Crippen LogP contribution in [0.3, 0.4) is 0 Å². The van der Waals surface area contributed by atoms with E-state index >= 15 is 0 Å². The SMILES string of the molecule is Nc1ccc2nc(CNC3CCCC3)cn2c1. The topological polar surface area (TPSA) is 55.3 Å². The Morgan fingerprint density at radius 3 is 2.94 bits per heavy atom. The zero-order valence-electron chi connectivity index (χ0n) is 9.89. The van der Waals surface area contributed by atoms with Crippen molar-refractivity contribution in [3.05, 3.63) is 30.2 Å². The summed E-state index contributed by atoms with van der Waals surface area (Å²) in [5, 5.41) is 3.57. The van der Waals surface area contributed by atoms with Gasteiger partial charge in [0.25, 0.3) is 0 Å². The van der Waals surface area contributed by atoms with Crippen LogP contribution in [0.25, 0.3) is 5.65 Å². The van der Waals surface area contributed by atoms with E-state index in [2.05, 4.69) is 10.3 Å². The van der Waals surface area contributed by atoms with E-state index in [-0.39, 0.29) is 0 Å². The lowest BCUT2D eigenvalue weighted by Crippen LogP contribution is -2.25. The fourth-order valence-corrected chi connectivity index (χ4v) is 2.53. The maximum absolute atomic E-state index is 5.74. The molecule has 0 bridgehead atoms. The van der Waals surface area contributed by atoms with Crippen molar-refractivity contribution in [3.8, 4) is 0 Å². The van der Waals surface area contributed by atoms with Crippen molar-refractivity contribution in [1.29, 1.82) is 0 Å². The Kier molecular flexibility index (Phi) is 2.73. The van der Waals surface area contributed by atoms with Crippen LogP contribution in [-0.4, -0.2) is 15.4 Å². The summed E-state index contributed by atoms with van der Waals surface area (Å²) in [4.78, 5) is 4.56. The molecule has 2 heterocycles. The molecule has 1 aliphatic carbocycles. The number of imidazole rings is 1. The number of rotatable bonds is 3. The Bertz CT molecular complexity index is 511. The number of hydrogen-bond donors (Lipinski definition) is 2. The molecule has 4 nitrogen and oxygen atoms in total. The van der Waals surface area contributed by atoms with Crippen LogP contribution in [0.4, 0.5) is 5.69 Å². The lowest BCUT2D eigenvalue weighted by Gasteiger charge is -2.09. The predicted octanol–water partition coefficient (Wildman–Crippen LogP) is 1.95. The standard InChI is InChI=1S/C13H18N4/c14-10-5-6-13-16-12(9-17(13)8-10)7-15-11-3-1-2-4-11/h5-6,8-9,11,15H,1-4,7,14H2. The minimum Gasteiger partial charge on any atom is -0.398 e. The lowest BCUT2D eigenvalue weighted by molar-refractivity contribution is 0.520. The van der Waals surface area contributed by atoms with E-state index in [0.29, 0.717) is 6.04 Å². The van der Waals surface area contributed by atoms with Crippen LogP contribution in [0.1, 0.15) is 31.4 Å². The second-order valence-corrected chi connectivity index (χ2v) is 4.82. The third-order valence-corrected chi connectivity index (χ3v) is 3.45. The first-order chi connectivity index (χ1) is 8.31. The third-order valence-electron chi connectivity index (χ3n) is 3.45. The molecule has 0 aromatic carbocycles. The smallest absolute Gasteiger partial charge is 0.137 e. The zero-order chi connectivity index (χ0) is 11.7. The number of fused-ring (bicyclic) bond motifs is 1. The number of nitrogens with one attached hydrogen (secondary N) is 1. The molecule has 0 spiro atoms. The van der Waals surface area contributed by atoms with Crippen molar-refractivity contribution in [2.24, 2.45) is 0 Å². The highest BCUT2D eigenvalue weighted by molar-refractivity contribution is 5.48. The van der Waals surface area contributed by atoms with Gasteiger partial charge in [-0.05, 0) is 25.0 Å². The maximum atomic E-state index is 5.74. The quantitative estimate of drug-likeness (QED) is 0.847. The molecule has 0 aliphatic heterocycles. The van der Waals surface area contributed by atoms with Crippen molar-refractivity contribution in [3.63, 3.8) is 0 Å². The second kappa shape index (κ2) is 4.37. The van der Waals surface area contributed by atoms with Gasteiger partial charge in [-0.1, -0.05) is 12.8 Å². The summed E-state index contributed by atoms with van der Waals surface area (Å²) in [6.45, 7) is 0.853. The van der Waals surface area contributed by atoms with E-state index in [1.54, 1.807) is 0 Å². The van der Waals surface area contributed by atoms with E-state index in [1.807, 2.05) is 28.9 Å². The van der Waals surface area contributed by atoms with E-state index in [0.717, 1.165) is 23.6 Å². The van der Waals surface area contributed by atoms with E-state index in [4.69, 9.17) is 5.73 Å². The molecule has 4 heteroatoms. The molecule has 1 fully saturated rings. The molecule has 0 radical (unpaired) electrons. The number of aromatic nitrogens is 2. The molecule has 0 saturated heterocycles. The second-order valence-electron chi connectivity index (χ2n) is 4.82. The Balaban J connectivity index is 1.72. The molecular formula is C13H18N4. The molecule has 0 atom stereocenters. The summed E-state index contributed by atoms with van der Waals surface area (Å²) in [6, 6.07) is 4.52. The van der Waals surface area contributed by atoms with E-state index in [9.17, 15) is 0 Å². The van der Waals surface area contributed by atoms with Gasteiger partial charge < -0.3 is 15.5 Å². The molecule has 3 N–H and O–H groups in total. The summed E-state index contributed by atoms with van der Waals surface area (Å²) in [7, 11) is 0. The van der Waals surface area contributed by atoms with Gasteiger partial charge >= 0.3 is 0 Å². The van der Waals surface area contributed by atoms with Gasteiger partial charge in [0.2, 0.25) is 0 Å². The van der Waals surface area contributed by atoms with Gasteiger partial charge in [-0.25, -0.2) is 4.98 Å². The fraction of sp³-hybridized carbons (Fsp3) is 0.462. The number of hydrogen-bond acceptors (Lipinski definition) is 3. The Morgan fingerprint density at radius 1 is 1.29 bits per heavy atom. The maximum Gasteiger partial charge on any atom is 0.137 e. The molecule has 3 rings (SSSR count). The van der Waals surface area contributed by atoms with Crippen LogP contribution in [0.15, 0.2) is 24.5 Å². The van der Waals surface area contributed by atoms with Gasteiger partial charge in [-0.2, -0.15) is 0 Å². The monoisotopic (exact) mass is 230 g/mol. The third kappa shape index (κ3) is 2.26. The molecule has 90 valence electrons. The molecule has 0 amide bonds. The summed E-state index contributed by atoms with van der Waals surface area (Å²) in [5.74, 6) is 0. The Labute approximate surface area is 101 Å². The molecular weight excluding hydrogens is 212 g/mol. The molecule has 17 heavy (non-hydrogen) atoms. The number of nitrogens with two attached hydrogens (primary N) is 1. The van der Waals surface area contributed by atoms with Crippen LogP contribution in [-0.2, 0) is 6.54 Å². The highest BCUT2D eigenvalue weighted by Crippen LogP contribution is 2.18. The summed E-state index contributed by atoms with van der Waals surface area (Å²) in [5.41, 5.74) is 8.56. The molecule has 1 saturated carbocycles. The lowest BCUT2D eigenvalue weighted by atomic mass is 10.2. The minimum atomic E-state index is 0.685. The number of nitrogen functional groups attached to an aromatic ring is 1. The largest absolute Gasteiger partial charge is 0.398 e. The average Bonchev–Trinajstić information content (AvgIpc) is 2.94. The number of pyridine rings is 1. The predicted molar refractivity (Wildman–Crippen MR) is 68.7 cm³/mol. The van der Waals surface area contributed by atoms with Crippen LogP contribution in [0.2, 0.25) is 0 Å². The van der Waals surface area contributed by atoms with Crippen LogP contribution < -0.4 is 11.1 Å². The summed E-state index contributed by atoms with van der Waals surface area (Å²) < 4.78 is 1.99. The van der Waals surface area contributed by atoms with E-state index < -0.39 is 0 Å². The van der Waals surface area contributed by atoms with Crippen LogP contribution >= 0.6 is 0 Å². The first-order valence-corrected chi connectivity index (χ1v) is 6.28. The summed E-state index contributed by atoms with van der Waals surface area (Å²) in [6.07, 6.45) is 9.29. The molecule has 2 aromatic rings. The van der Waals surface area contributed by atoms with Gasteiger partial charge in [-0.3, -0.25) is 0 Å². The number of anilines is 1. The highest BCUT2D eigenvalue weighted by atomic mass is 15.0. The fourth-order valence-electron chi connectivity index (χ4n) is 2.53. The Hall–Kier alpha value is -1.55. The van der Waals surface area contributed by atoms with Crippen LogP contribution in [0, 0.1) is 0 Å². The summed E-state index contributed by atoms with van der Waals surface area (Å²) >= 11 is 0. The first kappa shape index (κ1) is 10.6. The van der Waals surface area contributed by atoms with Crippen molar-refractivity contribution < 1.29 is 0 Å². The first-order valence-electron chi connectivity index (χ1n) is 6.28. The molecule has 2 aromatic heterocycles. The van der Waals surface area contributed by atoms with Crippen molar-refractivity contribution in [1.82, 2.24) is 14.7 Å². The molecule has 1 aliphatic rings. The minimum absolute atomic E-state index is 0.685. The zero-order valence-corrected chi connectivity index (χ0v) is 9.89. The molecule has 0 unspecified atom stereocenters. The van der Waals surface area contributed by atoms with Gasteiger partial charge in [0.05, 0.1) is 5.69 Å². The normalized spacial score (nSPS) is 16.9. The van der Waals surface area contributed by atoms with Crippen LogP contribution in [0.5, 0.6) is 0 Å².